The van der Waals surface area contributed by atoms with Gasteiger partial charge in [0.2, 0.25) is 0 Å². The van der Waals surface area contributed by atoms with Gasteiger partial charge in [-0.05, 0) is 62.1 Å². The molecule has 0 unspecified atom stereocenters. The average molecular weight is 378 g/mol. The summed E-state index contributed by atoms with van der Waals surface area (Å²) in [5.41, 5.74) is 4.87. The van der Waals surface area contributed by atoms with Crippen molar-refractivity contribution >= 4 is 28.5 Å². The van der Waals surface area contributed by atoms with Crippen molar-refractivity contribution in [3.63, 3.8) is 0 Å². The van der Waals surface area contributed by atoms with Crippen LogP contribution in [0.3, 0.4) is 0 Å². The van der Waals surface area contributed by atoms with E-state index in [-0.39, 0.29) is 6.09 Å². The van der Waals surface area contributed by atoms with Gasteiger partial charge in [0.15, 0.2) is 0 Å². The molecule has 146 valence electrons. The van der Waals surface area contributed by atoms with E-state index in [1.54, 1.807) is 11.2 Å². The number of ether oxygens (including phenoxy) is 1. The third kappa shape index (κ3) is 3.96. The molecule has 2 heterocycles. The molecule has 6 heteroatoms. The van der Waals surface area contributed by atoms with E-state index < -0.39 is 0 Å². The molecule has 0 saturated carbocycles. The number of imidazole rings is 1. The van der Waals surface area contributed by atoms with Crippen LogP contribution < -0.4 is 9.80 Å². The number of amides is 1. The molecular weight excluding hydrogens is 352 g/mol. The second-order valence-corrected chi connectivity index (χ2v) is 7.11. The lowest BCUT2D eigenvalue weighted by Crippen LogP contribution is -2.31. The molecule has 1 aliphatic rings. The number of nitrogens with one attached hydrogen (secondary N) is 1. The topological polar surface area (TPSA) is 61.5 Å². The molecule has 1 saturated heterocycles. The Hall–Kier alpha value is -3.02. The predicted octanol–water partition coefficient (Wildman–Crippen LogP) is 4.72. The molecule has 1 N–H and O–H groups in total. The van der Waals surface area contributed by atoms with Crippen molar-refractivity contribution in [1.29, 1.82) is 0 Å². The molecule has 0 radical (unpaired) electrons. The van der Waals surface area contributed by atoms with Gasteiger partial charge in [0.1, 0.15) is 0 Å². The minimum atomic E-state index is -0.343. The van der Waals surface area contributed by atoms with Crippen LogP contribution >= 0.6 is 0 Å². The first-order chi connectivity index (χ1) is 13.7. The van der Waals surface area contributed by atoms with Crippen LogP contribution in [0.2, 0.25) is 0 Å². The summed E-state index contributed by atoms with van der Waals surface area (Å²) in [5.74, 6) is 0. The zero-order valence-electron chi connectivity index (χ0n) is 16.2. The Morgan fingerprint density at radius 2 is 2.04 bits per heavy atom. The Morgan fingerprint density at radius 3 is 2.86 bits per heavy atom. The SMILES string of the molecule is CCOC(=O)N(Cc1cccc(N2CCCCC2)c1)c1ccc2nc[nH]c2c1. The maximum atomic E-state index is 12.7. The molecule has 0 atom stereocenters. The van der Waals surface area contributed by atoms with Gasteiger partial charge in [0.25, 0.3) is 0 Å². The number of H-pyrrole nitrogens is 1. The molecule has 3 aromatic rings. The fourth-order valence-corrected chi connectivity index (χ4v) is 3.74. The Labute approximate surface area is 165 Å². The normalized spacial score (nSPS) is 14.2. The van der Waals surface area contributed by atoms with Crippen LogP contribution in [0, 0.1) is 0 Å². The Bertz CT molecular complexity index is 946. The van der Waals surface area contributed by atoms with Crippen LogP contribution in [0.15, 0.2) is 48.8 Å². The zero-order chi connectivity index (χ0) is 19.3. The number of anilines is 2. The first-order valence-corrected chi connectivity index (χ1v) is 9.96. The summed E-state index contributed by atoms with van der Waals surface area (Å²) in [6.45, 7) is 4.82. The third-order valence-corrected chi connectivity index (χ3v) is 5.18. The van der Waals surface area contributed by atoms with Crippen LogP contribution in [0.1, 0.15) is 31.7 Å². The third-order valence-electron chi connectivity index (χ3n) is 5.18. The number of carbonyl (C=O) groups excluding carboxylic acids is 1. The lowest BCUT2D eigenvalue weighted by atomic mass is 10.1. The molecule has 2 aromatic carbocycles. The summed E-state index contributed by atoms with van der Waals surface area (Å²) >= 11 is 0. The van der Waals surface area contributed by atoms with Gasteiger partial charge in [-0.2, -0.15) is 0 Å². The van der Waals surface area contributed by atoms with Crippen LogP contribution in [-0.4, -0.2) is 35.8 Å². The molecule has 1 aromatic heterocycles. The highest BCUT2D eigenvalue weighted by Gasteiger charge is 2.19. The van der Waals surface area contributed by atoms with Crippen molar-refractivity contribution in [2.75, 3.05) is 29.5 Å². The Morgan fingerprint density at radius 1 is 1.18 bits per heavy atom. The fraction of sp³-hybridized carbons (Fsp3) is 0.364. The van der Waals surface area contributed by atoms with Gasteiger partial charge in [-0.1, -0.05) is 12.1 Å². The first kappa shape index (κ1) is 18.3. The summed E-state index contributed by atoms with van der Waals surface area (Å²) in [6.07, 6.45) is 5.10. The maximum absolute atomic E-state index is 12.7. The predicted molar refractivity (Wildman–Crippen MR) is 112 cm³/mol. The number of fused-ring (bicyclic) bond motifs is 1. The van der Waals surface area contributed by atoms with E-state index >= 15 is 0 Å². The van der Waals surface area contributed by atoms with Crippen molar-refractivity contribution in [3.8, 4) is 0 Å². The van der Waals surface area contributed by atoms with E-state index in [4.69, 9.17) is 4.74 Å². The summed E-state index contributed by atoms with van der Waals surface area (Å²) in [4.78, 5) is 24.1. The monoisotopic (exact) mass is 378 g/mol. The number of rotatable bonds is 5. The highest BCUT2D eigenvalue weighted by atomic mass is 16.6. The van der Waals surface area contributed by atoms with E-state index in [1.807, 2.05) is 25.1 Å². The number of hydrogen-bond donors (Lipinski definition) is 1. The van der Waals surface area contributed by atoms with Crippen LogP contribution in [-0.2, 0) is 11.3 Å². The Kier molecular flexibility index (Phi) is 5.46. The van der Waals surface area contributed by atoms with Crippen LogP contribution in [0.5, 0.6) is 0 Å². The van der Waals surface area contributed by atoms with Crippen molar-refractivity contribution in [3.05, 3.63) is 54.4 Å². The molecule has 1 amide bonds. The summed E-state index contributed by atoms with van der Waals surface area (Å²) in [6, 6.07) is 14.2. The minimum absolute atomic E-state index is 0.343. The maximum Gasteiger partial charge on any atom is 0.414 e. The Balaban J connectivity index is 1.61. The van der Waals surface area contributed by atoms with Gasteiger partial charge in [-0.25, -0.2) is 9.78 Å². The molecule has 1 fully saturated rings. The standard InChI is InChI=1S/C22H26N4O2/c1-2-28-22(27)26(19-9-10-20-21(14-19)24-16-23-20)15-17-7-6-8-18(13-17)25-11-4-3-5-12-25/h6-10,13-14,16H,2-5,11-12,15H2,1H3,(H,23,24). The number of piperidine rings is 1. The smallest absolute Gasteiger partial charge is 0.414 e. The zero-order valence-corrected chi connectivity index (χ0v) is 16.2. The van der Waals surface area contributed by atoms with Crippen molar-refractivity contribution in [2.24, 2.45) is 0 Å². The lowest BCUT2D eigenvalue weighted by molar-refractivity contribution is 0.159. The van der Waals surface area contributed by atoms with Crippen molar-refractivity contribution in [2.45, 2.75) is 32.7 Å². The highest BCUT2D eigenvalue weighted by Crippen LogP contribution is 2.25. The van der Waals surface area contributed by atoms with Crippen LogP contribution in [0.25, 0.3) is 11.0 Å². The second-order valence-electron chi connectivity index (χ2n) is 7.11. The van der Waals surface area contributed by atoms with Gasteiger partial charge in [0, 0.05) is 24.5 Å². The van der Waals surface area contributed by atoms with Crippen molar-refractivity contribution in [1.82, 2.24) is 9.97 Å². The van der Waals surface area contributed by atoms with E-state index in [0.717, 1.165) is 35.4 Å². The van der Waals surface area contributed by atoms with Gasteiger partial charge in [0.05, 0.1) is 30.5 Å². The number of carbonyl (C=O) groups is 1. The molecule has 0 aliphatic carbocycles. The molecule has 0 spiro atoms. The minimum Gasteiger partial charge on any atom is -0.449 e. The first-order valence-electron chi connectivity index (χ1n) is 9.96. The summed E-state index contributed by atoms with van der Waals surface area (Å²) < 4.78 is 5.32. The number of benzene rings is 2. The van der Waals surface area contributed by atoms with E-state index in [0.29, 0.717) is 13.2 Å². The highest BCUT2D eigenvalue weighted by molar-refractivity contribution is 5.90. The lowest BCUT2D eigenvalue weighted by Gasteiger charge is -2.29. The van der Waals surface area contributed by atoms with E-state index in [1.165, 1.54) is 24.9 Å². The molecule has 6 nitrogen and oxygen atoms in total. The van der Waals surface area contributed by atoms with E-state index in [9.17, 15) is 4.79 Å². The molecule has 0 bridgehead atoms. The van der Waals surface area contributed by atoms with E-state index in [2.05, 4.69) is 39.1 Å². The molecule has 28 heavy (non-hydrogen) atoms. The van der Waals surface area contributed by atoms with Gasteiger partial charge >= 0.3 is 6.09 Å². The number of aromatic nitrogens is 2. The van der Waals surface area contributed by atoms with Gasteiger partial charge in [-0.15, -0.1) is 0 Å². The number of nitrogens with zero attached hydrogens (tertiary/aromatic N) is 3. The van der Waals surface area contributed by atoms with Gasteiger partial charge < -0.3 is 14.6 Å². The number of aromatic amines is 1. The average Bonchev–Trinajstić information content (AvgIpc) is 3.21. The molecule has 1 aliphatic heterocycles. The molecular formula is C22H26N4O2. The van der Waals surface area contributed by atoms with Crippen molar-refractivity contribution < 1.29 is 9.53 Å². The van der Waals surface area contributed by atoms with Crippen LogP contribution in [0.4, 0.5) is 16.2 Å². The summed E-state index contributed by atoms with van der Waals surface area (Å²) in [5, 5.41) is 0. The number of hydrogen-bond acceptors (Lipinski definition) is 4. The quantitative estimate of drug-likeness (QED) is 0.698. The van der Waals surface area contributed by atoms with Gasteiger partial charge in [-0.3, -0.25) is 4.90 Å². The molecule has 4 rings (SSSR count). The summed E-state index contributed by atoms with van der Waals surface area (Å²) in [7, 11) is 0. The fourth-order valence-electron chi connectivity index (χ4n) is 3.74. The largest absolute Gasteiger partial charge is 0.449 e. The second kappa shape index (κ2) is 8.33.